The Morgan fingerprint density at radius 2 is 2.06 bits per heavy atom. The third kappa shape index (κ3) is 4.76. The summed E-state index contributed by atoms with van der Waals surface area (Å²) in [5, 5.41) is 4.48. The van der Waals surface area contributed by atoms with Gasteiger partial charge in [0.15, 0.2) is 5.96 Å². The molecule has 0 radical (unpaired) electrons. The maximum absolute atomic E-state index is 12.0. The van der Waals surface area contributed by atoms with Crippen LogP contribution in [0.1, 0.15) is 48.6 Å². The van der Waals surface area contributed by atoms with Crippen molar-refractivity contribution in [3.63, 3.8) is 0 Å². The zero-order chi connectivity index (χ0) is 21.4. The van der Waals surface area contributed by atoms with Crippen LogP contribution in [0.3, 0.4) is 0 Å². The van der Waals surface area contributed by atoms with Gasteiger partial charge in [0, 0.05) is 61.7 Å². The number of para-hydroxylation sites is 1. The van der Waals surface area contributed by atoms with Crippen LogP contribution >= 0.6 is 35.6 Å². The van der Waals surface area contributed by atoms with Crippen molar-refractivity contribution in [3.05, 3.63) is 64.7 Å². The van der Waals surface area contributed by atoms with Gasteiger partial charge in [0.2, 0.25) is 5.91 Å². The summed E-state index contributed by atoms with van der Waals surface area (Å²) in [4.78, 5) is 21.0. The fourth-order valence-electron chi connectivity index (χ4n) is 5.08. The van der Waals surface area contributed by atoms with E-state index in [0.29, 0.717) is 30.2 Å². The van der Waals surface area contributed by atoms with Crippen LogP contribution in [0.5, 0.6) is 0 Å². The second-order valence-electron chi connectivity index (χ2n) is 8.83. The highest BCUT2D eigenvalue weighted by atomic mass is 127. The number of amides is 1. The minimum Gasteiger partial charge on any atom is -0.353 e. The van der Waals surface area contributed by atoms with Crippen molar-refractivity contribution in [2.45, 2.75) is 43.6 Å². The predicted octanol–water partition coefficient (Wildman–Crippen LogP) is 5.01. The van der Waals surface area contributed by atoms with Crippen molar-refractivity contribution in [1.29, 1.82) is 0 Å². The van der Waals surface area contributed by atoms with E-state index < -0.39 is 0 Å². The molecule has 32 heavy (non-hydrogen) atoms. The highest BCUT2D eigenvalue weighted by Gasteiger charge is 2.41. The average Bonchev–Trinajstić information content (AvgIpc) is 3.29. The first-order valence-corrected chi connectivity index (χ1v) is 11.6. The molecule has 1 saturated heterocycles. The van der Waals surface area contributed by atoms with E-state index in [1.807, 2.05) is 24.1 Å². The van der Waals surface area contributed by atoms with Crippen LogP contribution in [0.4, 0.5) is 5.69 Å². The van der Waals surface area contributed by atoms with E-state index in [2.05, 4.69) is 51.6 Å². The van der Waals surface area contributed by atoms with Crippen molar-refractivity contribution in [3.8, 4) is 0 Å². The molecule has 5 rings (SSSR count). The van der Waals surface area contributed by atoms with Crippen LogP contribution in [0.15, 0.2) is 53.5 Å². The zero-order valence-electron chi connectivity index (χ0n) is 18.3. The summed E-state index contributed by atoms with van der Waals surface area (Å²) in [6.45, 7) is 2.65. The van der Waals surface area contributed by atoms with Crippen LogP contribution in [0.2, 0.25) is 5.02 Å². The van der Waals surface area contributed by atoms with Crippen molar-refractivity contribution >= 4 is 53.1 Å². The number of fused-ring (bicyclic) bond motifs is 1. The predicted molar refractivity (Wildman–Crippen MR) is 141 cm³/mol. The topological polar surface area (TPSA) is 47.9 Å². The summed E-state index contributed by atoms with van der Waals surface area (Å²) < 4.78 is 0. The summed E-state index contributed by atoms with van der Waals surface area (Å²) >= 11 is 6.18. The lowest BCUT2D eigenvalue weighted by molar-refractivity contribution is -0.127. The number of hydrogen-bond donors (Lipinski definition) is 1. The molecule has 1 N–H and O–H groups in total. The Hall–Kier alpha value is -1.80. The van der Waals surface area contributed by atoms with Crippen molar-refractivity contribution in [2.75, 3.05) is 31.6 Å². The number of halogens is 2. The largest absolute Gasteiger partial charge is 0.353 e. The van der Waals surface area contributed by atoms with E-state index in [1.54, 1.807) is 0 Å². The third-order valence-corrected chi connectivity index (χ3v) is 7.07. The van der Waals surface area contributed by atoms with Gasteiger partial charge < -0.3 is 15.1 Å². The Morgan fingerprint density at radius 1 is 1.22 bits per heavy atom. The molecule has 3 atom stereocenters. The average molecular weight is 565 g/mol. The first kappa shape index (κ1) is 23.4. The molecule has 1 aliphatic carbocycles. The number of rotatable bonds is 5. The molecule has 2 aliphatic heterocycles. The molecule has 2 fully saturated rings. The molecule has 2 heterocycles. The smallest absolute Gasteiger partial charge is 0.222 e. The normalized spacial score (nSPS) is 24.4. The molecule has 1 saturated carbocycles. The number of benzene rings is 2. The van der Waals surface area contributed by atoms with Gasteiger partial charge >= 0.3 is 0 Å². The van der Waals surface area contributed by atoms with Gasteiger partial charge in [0.25, 0.3) is 0 Å². The molecule has 5 nitrogen and oxygen atoms in total. The second-order valence-corrected chi connectivity index (χ2v) is 9.27. The number of likely N-dealkylation sites (tertiary alicyclic amines) is 1. The molecule has 2 aromatic carbocycles. The van der Waals surface area contributed by atoms with Crippen LogP contribution in [-0.2, 0) is 4.79 Å². The van der Waals surface area contributed by atoms with Crippen LogP contribution in [0.25, 0.3) is 0 Å². The number of anilines is 1. The van der Waals surface area contributed by atoms with Gasteiger partial charge in [-0.25, -0.2) is 0 Å². The molecular formula is C25H30ClIN4O. The number of hydrogen-bond acceptors (Lipinski definition) is 2. The number of nitrogens with zero attached hydrogens (tertiary/aromatic N) is 3. The highest BCUT2D eigenvalue weighted by molar-refractivity contribution is 14.0. The maximum atomic E-state index is 12.0. The van der Waals surface area contributed by atoms with Crippen molar-refractivity contribution in [1.82, 2.24) is 10.2 Å². The van der Waals surface area contributed by atoms with Gasteiger partial charge in [-0.15, -0.1) is 24.0 Å². The van der Waals surface area contributed by atoms with Gasteiger partial charge in [-0.3, -0.25) is 9.79 Å². The fourth-order valence-corrected chi connectivity index (χ4v) is 5.28. The minimum absolute atomic E-state index is 0. The van der Waals surface area contributed by atoms with Crippen LogP contribution in [-0.4, -0.2) is 49.5 Å². The Morgan fingerprint density at radius 3 is 2.81 bits per heavy atom. The van der Waals surface area contributed by atoms with Gasteiger partial charge in [0.1, 0.15) is 0 Å². The fraction of sp³-hybridized carbons (Fsp3) is 0.440. The molecule has 0 aromatic heterocycles. The third-order valence-electron chi connectivity index (χ3n) is 6.84. The molecule has 2 aromatic rings. The Balaban J connectivity index is 0.00000245. The Labute approximate surface area is 212 Å². The summed E-state index contributed by atoms with van der Waals surface area (Å²) in [6.07, 6.45) is 3.79. The summed E-state index contributed by atoms with van der Waals surface area (Å²) in [5.41, 5.74) is 3.88. The Kier molecular flexibility index (Phi) is 7.30. The van der Waals surface area contributed by atoms with Crippen LogP contribution < -0.4 is 10.2 Å². The molecule has 3 unspecified atom stereocenters. The maximum Gasteiger partial charge on any atom is 0.222 e. The molecule has 7 heteroatoms. The van der Waals surface area contributed by atoms with E-state index >= 15 is 0 Å². The molecule has 3 aliphatic rings. The second kappa shape index (κ2) is 10.00. The zero-order valence-corrected chi connectivity index (χ0v) is 21.4. The Bertz CT molecular complexity index is 1010. The molecule has 170 valence electrons. The summed E-state index contributed by atoms with van der Waals surface area (Å²) in [6, 6.07) is 17.2. The summed E-state index contributed by atoms with van der Waals surface area (Å²) in [7, 11) is 1.86. The number of carbonyl (C=O) groups excluding carboxylic acids is 1. The lowest BCUT2D eigenvalue weighted by atomic mass is 9.98. The quantitative estimate of drug-likeness (QED) is 0.316. The first-order valence-electron chi connectivity index (χ1n) is 11.3. The highest BCUT2D eigenvalue weighted by Crippen LogP contribution is 2.43. The first-order chi connectivity index (χ1) is 15.1. The molecule has 0 bridgehead atoms. The van der Waals surface area contributed by atoms with Crippen LogP contribution in [0, 0.1) is 0 Å². The number of nitrogens with one attached hydrogen (secondary N) is 1. The number of carbonyl (C=O) groups is 1. The molecular weight excluding hydrogens is 535 g/mol. The lowest BCUT2D eigenvalue weighted by Gasteiger charge is -2.23. The van der Waals surface area contributed by atoms with E-state index in [-0.39, 0.29) is 24.0 Å². The van der Waals surface area contributed by atoms with Gasteiger partial charge in [-0.2, -0.15) is 0 Å². The molecule has 0 spiro atoms. The minimum atomic E-state index is 0. The monoisotopic (exact) mass is 564 g/mol. The van der Waals surface area contributed by atoms with E-state index in [9.17, 15) is 4.79 Å². The standard InChI is InChI=1S/C25H29ClN4O.HI/c1-27-25(28-22-15-21(22)17-6-4-7-19(26)14-17)30-16-18(20-8-2-3-9-23(20)30)11-13-29-12-5-10-24(29)31;/h2-4,6-9,14,18,21-22H,5,10-13,15-16H2,1H3,(H,27,28);1H. The number of aliphatic imine (C=N–C) groups is 1. The van der Waals surface area contributed by atoms with Gasteiger partial charge in [-0.05, 0) is 48.6 Å². The van der Waals surface area contributed by atoms with E-state index in [0.717, 1.165) is 49.9 Å². The van der Waals surface area contributed by atoms with E-state index in [4.69, 9.17) is 11.6 Å². The number of guanidine groups is 1. The van der Waals surface area contributed by atoms with E-state index in [1.165, 1.54) is 16.8 Å². The summed E-state index contributed by atoms with van der Waals surface area (Å²) in [5.74, 6) is 2.12. The molecule has 1 amide bonds. The van der Waals surface area contributed by atoms with Crippen molar-refractivity contribution in [2.24, 2.45) is 4.99 Å². The van der Waals surface area contributed by atoms with Gasteiger partial charge in [0.05, 0.1) is 0 Å². The van der Waals surface area contributed by atoms with Gasteiger partial charge in [-0.1, -0.05) is 41.9 Å². The SMILES string of the molecule is CN=C(NC1CC1c1cccc(Cl)c1)N1CC(CCN2CCCC2=O)c2ccccc21.I. The lowest BCUT2D eigenvalue weighted by Crippen LogP contribution is -2.42. The van der Waals surface area contributed by atoms with Crippen molar-refractivity contribution < 1.29 is 4.79 Å².